The molecular weight excluding hydrogens is 391 g/mol. The number of hydrogen-bond acceptors (Lipinski definition) is 2. The molecule has 1 aromatic rings. The maximum Gasteiger partial charge on any atom is 0.411 e. The zero-order valence-corrected chi connectivity index (χ0v) is 13.4. The maximum atomic E-state index is 11.8. The number of rotatable bonds is 6. The van der Waals surface area contributed by atoms with Crippen LogP contribution in [0.1, 0.15) is 18.5 Å². The van der Waals surface area contributed by atoms with E-state index in [1.807, 2.05) is 25.1 Å². The Labute approximate surface area is 127 Å². The molecule has 0 aliphatic rings. The highest BCUT2D eigenvalue weighted by Crippen LogP contribution is 2.26. The smallest absolute Gasteiger partial charge is 0.371 e. The van der Waals surface area contributed by atoms with Gasteiger partial charge >= 0.3 is 6.18 Å². The molecule has 0 aliphatic heterocycles. The largest absolute Gasteiger partial charge is 0.411 e. The SMILES string of the molecule is CC(NCCOCC(F)(F)F)c1ccc(Br)cc1Br. The fourth-order valence-electron chi connectivity index (χ4n) is 1.50. The fraction of sp³-hybridized carbons (Fsp3) is 0.500. The van der Waals surface area contributed by atoms with Crippen molar-refractivity contribution in [1.29, 1.82) is 0 Å². The van der Waals surface area contributed by atoms with Gasteiger partial charge in [-0.3, -0.25) is 0 Å². The lowest BCUT2D eigenvalue weighted by Crippen LogP contribution is -2.26. The Kier molecular flexibility index (Phi) is 6.79. The van der Waals surface area contributed by atoms with Crippen molar-refractivity contribution in [2.75, 3.05) is 19.8 Å². The van der Waals surface area contributed by atoms with Crippen molar-refractivity contribution in [3.05, 3.63) is 32.7 Å². The fourth-order valence-corrected chi connectivity index (χ4v) is 2.89. The van der Waals surface area contributed by atoms with Crippen molar-refractivity contribution in [3.8, 4) is 0 Å². The summed E-state index contributed by atoms with van der Waals surface area (Å²) in [5.41, 5.74) is 1.04. The molecule has 7 heteroatoms. The van der Waals surface area contributed by atoms with E-state index in [4.69, 9.17) is 0 Å². The van der Waals surface area contributed by atoms with Gasteiger partial charge in [0.25, 0.3) is 0 Å². The number of hydrogen-bond donors (Lipinski definition) is 1. The monoisotopic (exact) mass is 403 g/mol. The van der Waals surface area contributed by atoms with Crippen LogP contribution in [0.25, 0.3) is 0 Å². The molecule has 0 fully saturated rings. The van der Waals surface area contributed by atoms with Crippen LogP contribution in [0.15, 0.2) is 27.1 Å². The van der Waals surface area contributed by atoms with Gasteiger partial charge in [-0.15, -0.1) is 0 Å². The maximum absolute atomic E-state index is 11.8. The summed E-state index contributed by atoms with van der Waals surface area (Å²) in [6, 6.07) is 5.81. The predicted octanol–water partition coefficient (Wildman–Crippen LogP) is 4.44. The van der Waals surface area contributed by atoms with Gasteiger partial charge in [-0.25, -0.2) is 0 Å². The number of halogens is 5. The van der Waals surface area contributed by atoms with Gasteiger partial charge in [-0.05, 0) is 24.6 Å². The van der Waals surface area contributed by atoms with Crippen LogP contribution in [0.3, 0.4) is 0 Å². The molecule has 1 aromatic carbocycles. The van der Waals surface area contributed by atoms with Gasteiger partial charge in [-0.1, -0.05) is 37.9 Å². The van der Waals surface area contributed by atoms with Crippen molar-refractivity contribution in [1.82, 2.24) is 5.32 Å². The van der Waals surface area contributed by atoms with Crippen molar-refractivity contribution < 1.29 is 17.9 Å². The van der Waals surface area contributed by atoms with Crippen molar-refractivity contribution in [2.45, 2.75) is 19.1 Å². The molecule has 1 rings (SSSR count). The van der Waals surface area contributed by atoms with E-state index in [1.165, 1.54) is 0 Å². The summed E-state index contributed by atoms with van der Waals surface area (Å²) in [5, 5.41) is 3.11. The minimum Gasteiger partial charge on any atom is -0.371 e. The first-order valence-electron chi connectivity index (χ1n) is 5.62. The number of ether oxygens (including phenoxy) is 1. The molecule has 1 N–H and O–H groups in total. The standard InChI is InChI=1S/C12H14Br2F3NO/c1-8(10-3-2-9(13)6-11(10)14)18-4-5-19-7-12(15,16)17/h2-3,6,8,18H,4-5,7H2,1H3. The Morgan fingerprint density at radius 3 is 2.58 bits per heavy atom. The topological polar surface area (TPSA) is 21.3 Å². The summed E-state index contributed by atoms with van der Waals surface area (Å²) >= 11 is 6.81. The summed E-state index contributed by atoms with van der Waals surface area (Å²) in [6.45, 7) is 1.13. The molecule has 0 aliphatic carbocycles. The van der Waals surface area contributed by atoms with Gasteiger partial charge < -0.3 is 10.1 Å². The number of alkyl halides is 3. The molecule has 0 heterocycles. The minimum absolute atomic E-state index is 0.0250. The average molecular weight is 405 g/mol. The minimum atomic E-state index is -4.26. The van der Waals surface area contributed by atoms with Crippen LogP contribution in [0.5, 0.6) is 0 Å². The highest BCUT2D eigenvalue weighted by atomic mass is 79.9. The molecule has 0 bridgehead atoms. The molecule has 0 spiro atoms. The Hall–Kier alpha value is -0.110. The zero-order valence-electron chi connectivity index (χ0n) is 10.2. The van der Waals surface area contributed by atoms with E-state index in [0.717, 1.165) is 14.5 Å². The van der Waals surface area contributed by atoms with Crippen LogP contribution < -0.4 is 5.32 Å². The van der Waals surface area contributed by atoms with Crippen LogP contribution in [-0.2, 0) is 4.74 Å². The first-order valence-corrected chi connectivity index (χ1v) is 7.21. The lowest BCUT2D eigenvalue weighted by atomic mass is 10.1. The van der Waals surface area contributed by atoms with E-state index < -0.39 is 12.8 Å². The van der Waals surface area contributed by atoms with Crippen molar-refractivity contribution in [3.63, 3.8) is 0 Å². The first kappa shape index (κ1) is 16.9. The molecule has 0 amide bonds. The van der Waals surface area contributed by atoms with Crippen LogP contribution in [0.4, 0.5) is 13.2 Å². The normalized spacial score (nSPS) is 13.6. The van der Waals surface area contributed by atoms with Gasteiger partial charge in [0.2, 0.25) is 0 Å². The van der Waals surface area contributed by atoms with E-state index in [1.54, 1.807) is 0 Å². The number of nitrogens with one attached hydrogen (secondary N) is 1. The lowest BCUT2D eigenvalue weighted by molar-refractivity contribution is -0.173. The second-order valence-corrected chi connectivity index (χ2v) is 5.78. The Balaban J connectivity index is 2.33. The highest BCUT2D eigenvalue weighted by Gasteiger charge is 2.27. The summed E-state index contributed by atoms with van der Waals surface area (Å²) in [6.07, 6.45) is -4.26. The molecule has 0 aromatic heterocycles. The Bertz CT molecular complexity index is 412. The molecule has 0 radical (unpaired) electrons. The summed E-state index contributed by atoms with van der Waals surface area (Å²) in [7, 11) is 0. The summed E-state index contributed by atoms with van der Waals surface area (Å²) in [4.78, 5) is 0. The van der Waals surface area contributed by atoms with E-state index in [0.29, 0.717) is 6.54 Å². The Morgan fingerprint density at radius 1 is 1.32 bits per heavy atom. The summed E-state index contributed by atoms with van der Waals surface area (Å²) in [5.74, 6) is 0. The van der Waals surface area contributed by atoms with Gasteiger partial charge in [0.15, 0.2) is 0 Å². The molecule has 0 saturated carbocycles. The molecule has 0 saturated heterocycles. The van der Waals surface area contributed by atoms with Crippen LogP contribution in [0.2, 0.25) is 0 Å². The molecule has 19 heavy (non-hydrogen) atoms. The quantitative estimate of drug-likeness (QED) is 0.707. The van der Waals surface area contributed by atoms with E-state index in [9.17, 15) is 13.2 Å². The van der Waals surface area contributed by atoms with Gasteiger partial charge in [0.05, 0.1) is 6.61 Å². The first-order chi connectivity index (χ1) is 8.79. The summed E-state index contributed by atoms with van der Waals surface area (Å²) < 4.78 is 42.0. The van der Waals surface area contributed by atoms with Crippen LogP contribution in [0, 0.1) is 0 Å². The van der Waals surface area contributed by atoms with Gasteiger partial charge in [0, 0.05) is 21.5 Å². The average Bonchev–Trinajstić information content (AvgIpc) is 2.26. The van der Waals surface area contributed by atoms with E-state index >= 15 is 0 Å². The van der Waals surface area contributed by atoms with Crippen molar-refractivity contribution in [2.24, 2.45) is 0 Å². The van der Waals surface area contributed by atoms with E-state index in [2.05, 4.69) is 41.9 Å². The molecule has 108 valence electrons. The van der Waals surface area contributed by atoms with Gasteiger partial charge in [0.1, 0.15) is 6.61 Å². The lowest BCUT2D eigenvalue weighted by Gasteiger charge is -2.16. The van der Waals surface area contributed by atoms with E-state index in [-0.39, 0.29) is 12.6 Å². The molecule has 1 atom stereocenters. The second kappa shape index (κ2) is 7.61. The third kappa shape index (κ3) is 6.74. The third-order valence-corrected chi connectivity index (χ3v) is 3.57. The Morgan fingerprint density at radius 2 is 2.00 bits per heavy atom. The third-order valence-electron chi connectivity index (χ3n) is 2.39. The predicted molar refractivity (Wildman–Crippen MR) is 75.1 cm³/mol. The zero-order chi connectivity index (χ0) is 14.5. The molecule has 2 nitrogen and oxygen atoms in total. The van der Waals surface area contributed by atoms with Crippen molar-refractivity contribution >= 4 is 31.9 Å². The molecular formula is C12H14Br2F3NO. The van der Waals surface area contributed by atoms with Crippen LogP contribution in [-0.4, -0.2) is 25.9 Å². The van der Waals surface area contributed by atoms with Gasteiger partial charge in [-0.2, -0.15) is 13.2 Å². The highest BCUT2D eigenvalue weighted by molar-refractivity contribution is 9.11. The van der Waals surface area contributed by atoms with Crippen LogP contribution >= 0.6 is 31.9 Å². The number of benzene rings is 1. The second-order valence-electron chi connectivity index (χ2n) is 4.01. The molecule has 1 unspecified atom stereocenters.